The van der Waals surface area contributed by atoms with Gasteiger partial charge in [-0.2, -0.15) is 10.2 Å². The zero-order valence-corrected chi connectivity index (χ0v) is 14.7. The van der Waals surface area contributed by atoms with Gasteiger partial charge in [-0.25, -0.2) is 4.98 Å². The molecule has 26 heavy (non-hydrogen) atoms. The predicted molar refractivity (Wildman–Crippen MR) is 101 cm³/mol. The Morgan fingerprint density at radius 3 is 2.35 bits per heavy atom. The molecule has 0 spiro atoms. The maximum atomic E-state index is 8.91. The Morgan fingerprint density at radius 1 is 0.923 bits per heavy atom. The number of aromatic nitrogens is 2. The maximum absolute atomic E-state index is 8.91. The highest BCUT2D eigenvalue weighted by Gasteiger charge is 2.13. The number of benzene rings is 2. The van der Waals surface area contributed by atoms with Crippen molar-refractivity contribution in [3.05, 3.63) is 65.5 Å². The number of nitrogens with zero attached hydrogens (tertiary/aromatic N) is 3. The van der Waals surface area contributed by atoms with E-state index in [0.717, 1.165) is 21.5 Å². The average molecular weight is 359 g/mol. The molecule has 6 heteroatoms. The monoisotopic (exact) mass is 359 g/mol. The van der Waals surface area contributed by atoms with Crippen molar-refractivity contribution in [1.82, 2.24) is 9.97 Å². The Morgan fingerprint density at radius 2 is 1.65 bits per heavy atom. The number of thiophene rings is 1. The Balaban J connectivity index is 1.75. The van der Waals surface area contributed by atoms with Crippen LogP contribution in [-0.4, -0.2) is 17.1 Å². The molecule has 0 fully saturated rings. The Labute approximate surface area is 154 Å². The van der Waals surface area contributed by atoms with Crippen LogP contribution in [0.4, 0.5) is 0 Å². The SMILES string of the molecule is COc1ccc(-c2nc(Oc3ccc(C#N)cc3)c3sccc3n2)cc1. The van der Waals surface area contributed by atoms with Gasteiger partial charge >= 0.3 is 0 Å². The molecular formula is C20H13N3O2S. The molecule has 0 amide bonds. The van der Waals surface area contributed by atoms with E-state index in [4.69, 9.17) is 14.7 Å². The van der Waals surface area contributed by atoms with Crippen molar-refractivity contribution < 1.29 is 9.47 Å². The van der Waals surface area contributed by atoms with Crippen LogP contribution in [0.3, 0.4) is 0 Å². The minimum Gasteiger partial charge on any atom is -0.497 e. The molecule has 0 aliphatic rings. The van der Waals surface area contributed by atoms with Crippen molar-refractivity contribution in [3.8, 4) is 34.8 Å². The quantitative estimate of drug-likeness (QED) is 0.511. The van der Waals surface area contributed by atoms with Crippen LogP contribution in [0.25, 0.3) is 21.6 Å². The molecule has 0 aliphatic heterocycles. The second-order valence-corrected chi connectivity index (χ2v) is 6.37. The second-order valence-electron chi connectivity index (χ2n) is 5.45. The third-order valence-corrected chi connectivity index (χ3v) is 4.71. The molecular weight excluding hydrogens is 346 g/mol. The number of hydrogen-bond acceptors (Lipinski definition) is 6. The second kappa shape index (κ2) is 6.82. The summed E-state index contributed by atoms with van der Waals surface area (Å²) in [6.45, 7) is 0. The minimum absolute atomic E-state index is 0.500. The Kier molecular flexibility index (Phi) is 4.22. The molecule has 2 aromatic carbocycles. The third-order valence-electron chi connectivity index (χ3n) is 3.82. The van der Waals surface area contributed by atoms with Gasteiger partial charge in [0.25, 0.3) is 0 Å². The summed E-state index contributed by atoms with van der Waals surface area (Å²) >= 11 is 1.53. The van der Waals surface area contributed by atoms with Crippen molar-refractivity contribution in [3.63, 3.8) is 0 Å². The topological polar surface area (TPSA) is 68.0 Å². The van der Waals surface area contributed by atoms with Gasteiger partial charge in [-0.05, 0) is 60.0 Å². The van der Waals surface area contributed by atoms with Crippen molar-refractivity contribution >= 4 is 21.6 Å². The highest BCUT2D eigenvalue weighted by molar-refractivity contribution is 7.17. The summed E-state index contributed by atoms with van der Waals surface area (Å²) < 4.78 is 12.1. The molecule has 0 bridgehead atoms. The lowest BCUT2D eigenvalue weighted by Crippen LogP contribution is -1.94. The number of fused-ring (bicyclic) bond motifs is 1. The zero-order chi connectivity index (χ0) is 17.9. The van der Waals surface area contributed by atoms with Gasteiger partial charge in [-0.3, -0.25) is 0 Å². The molecule has 0 N–H and O–H groups in total. The largest absolute Gasteiger partial charge is 0.497 e. The van der Waals surface area contributed by atoms with E-state index in [1.165, 1.54) is 11.3 Å². The highest BCUT2D eigenvalue weighted by atomic mass is 32.1. The van der Waals surface area contributed by atoms with E-state index in [9.17, 15) is 0 Å². The van der Waals surface area contributed by atoms with Gasteiger partial charge < -0.3 is 9.47 Å². The van der Waals surface area contributed by atoms with Crippen LogP contribution in [0.5, 0.6) is 17.4 Å². The summed E-state index contributed by atoms with van der Waals surface area (Å²) in [6, 6.07) is 18.6. The maximum Gasteiger partial charge on any atom is 0.240 e. The summed E-state index contributed by atoms with van der Waals surface area (Å²) in [7, 11) is 1.63. The summed E-state index contributed by atoms with van der Waals surface area (Å²) in [5, 5.41) is 10.9. The molecule has 0 saturated carbocycles. The van der Waals surface area contributed by atoms with Crippen LogP contribution in [0.15, 0.2) is 60.0 Å². The molecule has 0 unspecified atom stereocenters. The van der Waals surface area contributed by atoms with Crippen molar-refractivity contribution in [1.29, 1.82) is 5.26 Å². The molecule has 0 atom stereocenters. The van der Waals surface area contributed by atoms with Gasteiger partial charge in [0.05, 0.1) is 24.3 Å². The van der Waals surface area contributed by atoms with E-state index in [1.54, 1.807) is 31.4 Å². The van der Waals surface area contributed by atoms with E-state index in [0.29, 0.717) is 23.0 Å². The number of ether oxygens (including phenoxy) is 2. The Bertz CT molecular complexity index is 1100. The summed E-state index contributed by atoms with van der Waals surface area (Å²) in [5.74, 6) is 2.49. The van der Waals surface area contributed by atoms with Gasteiger partial charge in [0.1, 0.15) is 16.2 Å². The normalized spacial score (nSPS) is 10.5. The summed E-state index contributed by atoms with van der Waals surface area (Å²) in [4.78, 5) is 9.23. The standard InChI is InChI=1S/C20H13N3O2S/c1-24-15-8-4-14(5-9-15)19-22-17-10-11-26-18(17)20(23-19)25-16-6-2-13(12-21)3-7-16/h2-11H,1H3. The van der Waals surface area contributed by atoms with Gasteiger partial charge in [0.2, 0.25) is 5.88 Å². The number of rotatable bonds is 4. The number of nitriles is 1. The average Bonchev–Trinajstić information content (AvgIpc) is 3.17. The smallest absolute Gasteiger partial charge is 0.240 e. The third kappa shape index (κ3) is 3.08. The summed E-state index contributed by atoms with van der Waals surface area (Å²) in [6.07, 6.45) is 0. The molecule has 5 nitrogen and oxygen atoms in total. The molecule has 126 valence electrons. The van der Waals surface area contributed by atoms with Crippen LogP contribution in [0, 0.1) is 11.3 Å². The lowest BCUT2D eigenvalue weighted by Gasteiger charge is -2.08. The fourth-order valence-electron chi connectivity index (χ4n) is 2.48. The molecule has 4 rings (SSSR count). The van der Waals surface area contributed by atoms with Gasteiger partial charge in [-0.15, -0.1) is 11.3 Å². The highest BCUT2D eigenvalue weighted by Crippen LogP contribution is 2.33. The number of hydrogen-bond donors (Lipinski definition) is 0. The fraction of sp³-hybridized carbons (Fsp3) is 0.0500. The van der Waals surface area contributed by atoms with Gasteiger partial charge in [0, 0.05) is 5.56 Å². The summed E-state index contributed by atoms with van der Waals surface area (Å²) in [5.41, 5.74) is 2.29. The first-order valence-corrected chi connectivity index (χ1v) is 8.72. The minimum atomic E-state index is 0.500. The van der Waals surface area contributed by atoms with E-state index >= 15 is 0 Å². The van der Waals surface area contributed by atoms with Crippen molar-refractivity contribution in [2.75, 3.05) is 7.11 Å². The van der Waals surface area contributed by atoms with E-state index in [-0.39, 0.29) is 0 Å². The first-order chi connectivity index (χ1) is 12.8. The number of methoxy groups -OCH3 is 1. The first-order valence-electron chi connectivity index (χ1n) is 7.84. The molecule has 2 aromatic heterocycles. The molecule has 0 radical (unpaired) electrons. The van der Waals surface area contributed by atoms with Crippen molar-refractivity contribution in [2.24, 2.45) is 0 Å². The van der Waals surface area contributed by atoms with E-state index in [1.807, 2.05) is 35.7 Å². The fourth-order valence-corrected chi connectivity index (χ4v) is 3.24. The Hall–Kier alpha value is -3.43. The van der Waals surface area contributed by atoms with Crippen molar-refractivity contribution in [2.45, 2.75) is 0 Å². The lowest BCUT2D eigenvalue weighted by molar-refractivity contribution is 0.415. The van der Waals surface area contributed by atoms with Crippen LogP contribution in [-0.2, 0) is 0 Å². The first kappa shape index (κ1) is 16.1. The van der Waals surface area contributed by atoms with Crippen LogP contribution < -0.4 is 9.47 Å². The van der Waals surface area contributed by atoms with Crippen LogP contribution in [0.2, 0.25) is 0 Å². The molecule has 0 aliphatic carbocycles. The van der Waals surface area contributed by atoms with Crippen LogP contribution >= 0.6 is 11.3 Å². The van der Waals surface area contributed by atoms with Crippen LogP contribution in [0.1, 0.15) is 5.56 Å². The molecule has 4 aromatic rings. The van der Waals surface area contributed by atoms with Gasteiger partial charge in [-0.1, -0.05) is 0 Å². The zero-order valence-electron chi connectivity index (χ0n) is 13.8. The lowest BCUT2D eigenvalue weighted by atomic mass is 10.2. The molecule has 2 heterocycles. The van der Waals surface area contributed by atoms with E-state index < -0.39 is 0 Å². The molecule has 0 saturated heterocycles. The predicted octanol–water partition coefficient (Wildman–Crippen LogP) is 5.03. The van der Waals surface area contributed by atoms with E-state index in [2.05, 4.69) is 16.0 Å². The van der Waals surface area contributed by atoms with Gasteiger partial charge in [0.15, 0.2) is 5.82 Å².